The summed E-state index contributed by atoms with van der Waals surface area (Å²) in [6.07, 6.45) is 0. The second-order valence-corrected chi connectivity index (χ2v) is 9.51. The summed E-state index contributed by atoms with van der Waals surface area (Å²) in [5, 5.41) is 3.07. The van der Waals surface area contributed by atoms with E-state index >= 15 is 0 Å². The number of nitrogens with zero attached hydrogens (tertiary/aromatic N) is 1. The average molecular weight is 519 g/mol. The Morgan fingerprint density at radius 2 is 1.39 bits per heavy atom. The molecule has 1 heterocycles. The summed E-state index contributed by atoms with van der Waals surface area (Å²) in [4.78, 5) is 29.2. The van der Waals surface area contributed by atoms with Gasteiger partial charge in [-0.3, -0.25) is 9.59 Å². The van der Waals surface area contributed by atoms with Crippen LogP contribution in [0.3, 0.4) is 0 Å². The molecular weight excluding hydrogens is 484 g/mol. The Morgan fingerprint density at radius 3 is 1.97 bits per heavy atom. The molecular formula is C30H34N2O6. The lowest BCUT2D eigenvalue weighted by molar-refractivity contribution is -0.119. The molecule has 200 valence electrons. The minimum absolute atomic E-state index is 0.230. The van der Waals surface area contributed by atoms with Crippen LogP contribution < -0.4 is 24.3 Å². The molecule has 3 aromatic rings. The normalized spacial score (nSPS) is 16.6. The topological polar surface area (TPSA) is 86.3 Å². The highest BCUT2D eigenvalue weighted by atomic mass is 16.5. The van der Waals surface area contributed by atoms with E-state index in [2.05, 4.69) is 19.2 Å². The van der Waals surface area contributed by atoms with Gasteiger partial charge in [-0.2, -0.15) is 0 Å². The molecule has 3 aromatic carbocycles. The number of hydrogen-bond acceptors (Lipinski definition) is 6. The first-order chi connectivity index (χ1) is 18.2. The first-order valence-corrected chi connectivity index (χ1v) is 12.4. The highest BCUT2D eigenvalue weighted by Crippen LogP contribution is 2.47. The molecule has 0 bridgehead atoms. The van der Waals surface area contributed by atoms with Crippen LogP contribution in [0.1, 0.15) is 58.8 Å². The molecule has 0 spiro atoms. The molecule has 1 aliphatic rings. The lowest BCUT2D eigenvalue weighted by Crippen LogP contribution is -2.44. The van der Waals surface area contributed by atoms with Crippen molar-refractivity contribution in [2.24, 2.45) is 0 Å². The second kappa shape index (κ2) is 11.0. The molecule has 0 saturated carbocycles. The monoisotopic (exact) mass is 518 g/mol. The Bertz CT molecular complexity index is 1340. The van der Waals surface area contributed by atoms with E-state index in [1.54, 1.807) is 50.4 Å². The summed E-state index contributed by atoms with van der Waals surface area (Å²) in [6, 6.07) is 16.0. The predicted octanol–water partition coefficient (Wildman–Crippen LogP) is 5.39. The maximum absolute atomic E-state index is 14.0. The number of nitrogens with one attached hydrogen (secondary N) is 1. The summed E-state index contributed by atoms with van der Waals surface area (Å²) in [5.74, 6) is 1.05. The highest BCUT2D eigenvalue weighted by Gasteiger charge is 2.44. The maximum Gasteiger partial charge on any atom is 0.254 e. The minimum Gasteiger partial charge on any atom is -0.493 e. The molecule has 8 nitrogen and oxygen atoms in total. The standard InChI is InChI=1S/C30H34N2O6/c1-17(2)18-8-11-20(12-9-18)31-29(33)27-21-15-25(37-6)26(38-7)16-22(21)30(34)32(3)28(27)19-10-13-23(35-4)24(14-19)36-5/h8-17,27-28H,1-7H3,(H,31,33)/t27-,28+/m0/s1. The maximum atomic E-state index is 14.0. The third-order valence-corrected chi connectivity index (χ3v) is 7.05. The van der Waals surface area contributed by atoms with Crippen molar-refractivity contribution >= 4 is 17.5 Å². The number of amides is 2. The van der Waals surface area contributed by atoms with Gasteiger partial charge >= 0.3 is 0 Å². The number of fused-ring (bicyclic) bond motifs is 1. The second-order valence-electron chi connectivity index (χ2n) is 9.51. The zero-order valence-electron chi connectivity index (χ0n) is 22.8. The van der Waals surface area contributed by atoms with Crippen molar-refractivity contribution in [2.75, 3.05) is 40.8 Å². The number of carbonyl (C=O) groups excluding carboxylic acids is 2. The van der Waals surface area contributed by atoms with Crippen LogP contribution in [0.25, 0.3) is 0 Å². The summed E-state index contributed by atoms with van der Waals surface area (Å²) in [6.45, 7) is 4.24. The van der Waals surface area contributed by atoms with Crippen molar-refractivity contribution in [3.8, 4) is 23.0 Å². The number of likely N-dealkylation sites (N-methyl/N-ethyl adjacent to an activating group) is 1. The van der Waals surface area contributed by atoms with Gasteiger partial charge in [-0.25, -0.2) is 0 Å². The number of hydrogen-bond donors (Lipinski definition) is 1. The van der Waals surface area contributed by atoms with Crippen LogP contribution in [0.5, 0.6) is 23.0 Å². The number of methoxy groups -OCH3 is 4. The lowest BCUT2D eigenvalue weighted by atomic mass is 9.79. The van der Waals surface area contributed by atoms with Gasteiger partial charge in [0.2, 0.25) is 5.91 Å². The average Bonchev–Trinajstić information content (AvgIpc) is 2.93. The molecule has 38 heavy (non-hydrogen) atoms. The molecule has 0 saturated heterocycles. The molecule has 2 atom stereocenters. The van der Waals surface area contributed by atoms with Crippen molar-refractivity contribution in [1.82, 2.24) is 4.90 Å². The molecule has 0 fully saturated rings. The summed E-state index contributed by atoms with van der Waals surface area (Å²) < 4.78 is 21.9. The Kier molecular flexibility index (Phi) is 7.80. The van der Waals surface area contributed by atoms with Crippen molar-refractivity contribution in [1.29, 1.82) is 0 Å². The van der Waals surface area contributed by atoms with E-state index in [0.717, 1.165) is 5.56 Å². The SMILES string of the molecule is COc1ccc([C@@H]2[C@@H](C(=O)Nc3ccc(C(C)C)cc3)c3cc(OC)c(OC)cc3C(=O)N2C)cc1OC. The van der Waals surface area contributed by atoms with E-state index in [0.29, 0.717) is 45.7 Å². The van der Waals surface area contributed by atoms with Gasteiger partial charge in [0.15, 0.2) is 23.0 Å². The van der Waals surface area contributed by atoms with E-state index in [-0.39, 0.29) is 11.8 Å². The fourth-order valence-corrected chi connectivity index (χ4v) is 4.96. The summed E-state index contributed by atoms with van der Waals surface area (Å²) >= 11 is 0. The Labute approximate surface area is 223 Å². The van der Waals surface area contributed by atoms with Gasteiger partial charge in [-0.15, -0.1) is 0 Å². The van der Waals surface area contributed by atoms with E-state index in [9.17, 15) is 9.59 Å². The number of carbonyl (C=O) groups is 2. The van der Waals surface area contributed by atoms with Crippen LogP contribution in [-0.2, 0) is 4.79 Å². The summed E-state index contributed by atoms with van der Waals surface area (Å²) in [7, 11) is 7.84. The fraction of sp³-hybridized carbons (Fsp3) is 0.333. The molecule has 0 aromatic heterocycles. The van der Waals surface area contributed by atoms with Gasteiger partial charge in [0.25, 0.3) is 5.91 Å². The zero-order valence-corrected chi connectivity index (χ0v) is 22.8. The number of rotatable bonds is 8. The number of anilines is 1. The largest absolute Gasteiger partial charge is 0.493 e. The molecule has 1 aliphatic heterocycles. The van der Waals surface area contributed by atoms with E-state index in [1.165, 1.54) is 19.8 Å². The van der Waals surface area contributed by atoms with Crippen molar-refractivity contribution in [2.45, 2.75) is 31.7 Å². The predicted molar refractivity (Wildman–Crippen MR) is 146 cm³/mol. The van der Waals surface area contributed by atoms with Crippen LogP contribution in [0, 0.1) is 0 Å². The molecule has 0 radical (unpaired) electrons. The Balaban J connectivity index is 1.86. The molecule has 2 amide bonds. The Hall–Kier alpha value is -4.20. The molecule has 0 unspecified atom stereocenters. The van der Waals surface area contributed by atoms with Crippen LogP contribution in [0.4, 0.5) is 5.69 Å². The third-order valence-electron chi connectivity index (χ3n) is 7.05. The Morgan fingerprint density at radius 1 is 0.816 bits per heavy atom. The summed E-state index contributed by atoms with van der Waals surface area (Å²) in [5.41, 5.74) is 3.52. The van der Waals surface area contributed by atoms with Crippen LogP contribution in [0.15, 0.2) is 54.6 Å². The van der Waals surface area contributed by atoms with Gasteiger partial charge in [0.05, 0.1) is 40.4 Å². The molecule has 1 N–H and O–H groups in total. The van der Waals surface area contributed by atoms with Gasteiger partial charge in [0.1, 0.15) is 0 Å². The van der Waals surface area contributed by atoms with Crippen molar-refractivity contribution in [3.63, 3.8) is 0 Å². The molecule has 8 heteroatoms. The first kappa shape index (κ1) is 26.9. The molecule has 4 rings (SSSR count). The minimum atomic E-state index is -0.754. The van der Waals surface area contributed by atoms with Gasteiger partial charge in [0, 0.05) is 18.3 Å². The zero-order chi connectivity index (χ0) is 27.6. The van der Waals surface area contributed by atoms with E-state index in [4.69, 9.17) is 18.9 Å². The van der Waals surface area contributed by atoms with Gasteiger partial charge in [-0.05, 0) is 59.0 Å². The third kappa shape index (κ3) is 4.86. The van der Waals surface area contributed by atoms with E-state index in [1.807, 2.05) is 30.3 Å². The van der Waals surface area contributed by atoms with Crippen LogP contribution in [-0.4, -0.2) is 52.2 Å². The first-order valence-electron chi connectivity index (χ1n) is 12.4. The number of benzene rings is 3. The van der Waals surface area contributed by atoms with Crippen LogP contribution in [0.2, 0.25) is 0 Å². The van der Waals surface area contributed by atoms with Gasteiger partial charge < -0.3 is 29.2 Å². The number of ether oxygens (including phenoxy) is 4. The molecule has 0 aliphatic carbocycles. The fourth-order valence-electron chi connectivity index (χ4n) is 4.96. The highest BCUT2D eigenvalue weighted by molar-refractivity contribution is 6.05. The van der Waals surface area contributed by atoms with E-state index < -0.39 is 12.0 Å². The van der Waals surface area contributed by atoms with Crippen molar-refractivity contribution < 1.29 is 28.5 Å². The smallest absolute Gasteiger partial charge is 0.254 e. The lowest BCUT2D eigenvalue weighted by Gasteiger charge is -2.40. The van der Waals surface area contributed by atoms with Gasteiger partial charge in [-0.1, -0.05) is 32.0 Å². The van der Waals surface area contributed by atoms with Crippen LogP contribution >= 0.6 is 0 Å². The quantitative estimate of drug-likeness (QED) is 0.430. The van der Waals surface area contributed by atoms with Crippen molar-refractivity contribution in [3.05, 3.63) is 76.9 Å².